The summed E-state index contributed by atoms with van der Waals surface area (Å²) in [5.74, 6) is -0.527. The van der Waals surface area contributed by atoms with Crippen LogP contribution in [0.2, 0.25) is 10.0 Å². The molecule has 3 heterocycles. The summed E-state index contributed by atoms with van der Waals surface area (Å²) < 4.78 is 0. The molecule has 166 valence electrons. The molecule has 8 heteroatoms. The number of amides is 1. The standard InChI is InChI=1S/C24H24Cl2N4O2/c25-18-4-2-10-28-22(18)20-6-1-7-21(23-19(26)5-3-11-29-23)30(20)13-16-9-8-15(24(27)32)12-17(16)14-31/h2-5,8-12,20-21,31H,1,6-7,13-14H2,(H2,27,32)/t20-,21+. The van der Waals surface area contributed by atoms with Crippen molar-refractivity contribution in [3.8, 4) is 0 Å². The number of carbonyl (C=O) groups is 1. The third-order valence-corrected chi connectivity index (χ3v) is 6.61. The van der Waals surface area contributed by atoms with Crippen molar-refractivity contribution >= 4 is 29.1 Å². The van der Waals surface area contributed by atoms with Gasteiger partial charge < -0.3 is 10.8 Å². The molecule has 1 aromatic carbocycles. The summed E-state index contributed by atoms with van der Waals surface area (Å²) in [6, 6.07) is 12.4. The number of hydrogen-bond acceptors (Lipinski definition) is 5. The first-order valence-electron chi connectivity index (χ1n) is 10.5. The number of nitrogens with zero attached hydrogens (tertiary/aromatic N) is 3. The first-order chi connectivity index (χ1) is 15.5. The minimum Gasteiger partial charge on any atom is -0.392 e. The lowest BCUT2D eigenvalue weighted by Gasteiger charge is -2.42. The SMILES string of the molecule is NC(=O)c1ccc(CN2[C@@H](c3ncccc3Cl)CCC[C@H]2c2ncccc2Cl)c(CO)c1. The van der Waals surface area contributed by atoms with E-state index < -0.39 is 5.91 Å². The Morgan fingerprint density at radius 1 is 1.00 bits per heavy atom. The molecule has 2 aromatic heterocycles. The number of pyridine rings is 2. The molecule has 2 atom stereocenters. The van der Waals surface area contributed by atoms with Gasteiger partial charge in [-0.3, -0.25) is 19.7 Å². The fourth-order valence-corrected chi connectivity index (χ4v) is 4.92. The lowest BCUT2D eigenvalue weighted by atomic mass is 9.90. The highest BCUT2D eigenvalue weighted by Gasteiger charge is 2.36. The monoisotopic (exact) mass is 470 g/mol. The molecule has 0 saturated carbocycles. The molecule has 4 rings (SSSR count). The van der Waals surface area contributed by atoms with Gasteiger partial charge in [-0.1, -0.05) is 29.3 Å². The maximum absolute atomic E-state index is 11.6. The molecule has 0 radical (unpaired) electrons. The topological polar surface area (TPSA) is 92.3 Å². The van der Waals surface area contributed by atoms with E-state index in [9.17, 15) is 9.90 Å². The highest BCUT2D eigenvalue weighted by atomic mass is 35.5. The Balaban J connectivity index is 1.79. The molecule has 0 unspecified atom stereocenters. The number of rotatable bonds is 6. The predicted molar refractivity (Wildman–Crippen MR) is 124 cm³/mol. The van der Waals surface area contributed by atoms with E-state index >= 15 is 0 Å². The van der Waals surface area contributed by atoms with E-state index in [-0.39, 0.29) is 18.7 Å². The van der Waals surface area contributed by atoms with Gasteiger partial charge in [-0.15, -0.1) is 0 Å². The van der Waals surface area contributed by atoms with Crippen molar-refractivity contribution in [3.63, 3.8) is 0 Å². The normalized spacial score (nSPS) is 19.1. The van der Waals surface area contributed by atoms with Crippen molar-refractivity contribution < 1.29 is 9.90 Å². The summed E-state index contributed by atoms with van der Waals surface area (Å²) in [5, 5.41) is 11.2. The first kappa shape index (κ1) is 22.7. The molecule has 6 nitrogen and oxygen atoms in total. The number of carbonyl (C=O) groups excluding carboxylic acids is 1. The van der Waals surface area contributed by atoms with Gasteiger partial charge in [0.05, 0.1) is 40.1 Å². The Morgan fingerprint density at radius 3 is 2.09 bits per heavy atom. The Hall–Kier alpha value is -2.51. The Morgan fingerprint density at radius 2 is 1.59 bits per heavy atom. The average molecular weight is 471 g/mol. The minimum absolute atomic E-state index is 0.0529. The lowest BCUT2D eigenvalue weighted by Crippen LogP contribution is -2.37. The molecular formula is C24H24Cl2N4O2. The van der Waals surface area contributed by atoms with Crippen LogP contribution >= 0.6 is 23.2 Å². The summed E-state index contributed by atoms with van der Waals surface area (Å²) in [7, 11) is 0. The molecule has 3 N–H and O–H groups in total. The van der Waals surface area contributed by atoms with E-state index in [4.69, 9.17) is 28.9 Å². The number of hydrogen-bond donors (Lipinski definition) is 2. The van der Waals surface area contributed by atoms with Gasteiger partial charge in [-0.25, -0.2) is 0 Å². The molecule has 3 aromatic rings. The quantitative estimate of drug-likeness (QED) is 0.537. The maximum atomic E-state index is 11.6. The second kappa shape index (κ2) is 9.96. The van der Waals surface area contributed by atoms with Gasteiger partial charge >= 0.3 is 0 Å². The zero-order valence-corrected chi connectivity index (χ0v) is 18.9. The smallest absolute Gasteiger partial charge is 0.248 e. The van der Waals surface area contributed by atoms with Crippen LogP contribution in [0.4, 0.5) is 0 Å². The second-order valence-corrected chi connectivity index (χ2v) is 8.70. The van der Waals surface area contributed by atoms with Crippen molar-refractivity contribution in [1.82, 2.24) is 14.9 Å². The third-order valence-electron chi connectivity index (χ3n) is 5.97. The fourth-order valence-electron chi connectivity index (χ4n) is 4.42. The Bertz CT molecular complexity index is 1070. The van der Waals surface area contributed by atoms with Crippen LogP contribution in [-0.4, -0.2) is 25.9 Å². The number of benzene rings is 1. The number of aliphatic hydroxyl groups excluding tert-OH is 1. The molecule has 1 fully saturated rings. The van der Waals surface area contributed by atoms with E-state index in [0.717, 1.165) is 36.2 Å². The van der Waals surface area contributed by atoms with Crippen LogP contribution in [0.5, 0.6) is 0 Å². The number of piperidine rings is 1. The van der Waals surface area contributed by atoms with E-state index in [1.54, 1.807) is 24.5 Å². The van der Waals surface area contributed by atoms with Crippen LogP contribution in [0.1, 0.15) is 64.2 Å². The van der Waals surface area contributed by atoms with E-state index in [1.807, 2.05) is 30.3 Å². The van der Waals surface area contributed by atoms with Gasteiger partial charge in [0.25, 0.3) is 0 Å². The Labute approximate surface area is 197 Å². The zero-order chi connectivity index (χ0) is 22.7. The molecule has 1 saturated heterocycles. The summed E-state index contributed by atoms with van der Waals surface area (Å²) in [5.41, 5.74) is 8.96. The third kappa shape index (κ3) is 4.64. The number of aliphatic hydroxyl groups is 1. The number of nitrogens with two attached hydrogens (primary N) is 1. The van der Waals surface area contributed by atoms with E-state index in [1.165, 1.54) is 0 Å². The number of aromatic nitrogens is 2. The van der Waals surface area contributed by atoms with Gasteiger partial charge in [0.1, 0.15) is 0 Å². The van der Waals surface area contributed by atoms with Gasteiger partial charge in [0.2, 0.25) is 5.91 Å². The van der Waals surface area contributed by atoms with Crippen LogP contribution in [-0.2, 0) is 13.2 Å². The number of halogens is 2. The second-order valence-electron chi connectivity index (χ2n) is 7.88. The number of primary amides is 1. The van der Waals surface area contributed by atoms with Crippen LogP contribution in [0.3, 0.4) is 0 Å². The highest BCUT2D eigenvalue weighted by molar-refractivity contribution is 6.31. The van der Waals surface area contributed by atoms with Gasteiger partial charge in [-0.2, -0.15) is 0 Å². The summed E-state index contributed by atoms with van der Waals surface area (Å²) >= 11 is 13.1. The molecule has 32 heavy (non-hydrogen) atoms. The fraction of sp³-hybridized carbons (Fsp3) is 0.292. The van der Waals surface area contributed by atoms with E-state index in [2.05, 4.69) is 14.9 Å². The van der Waals surface area contributed by atoms with Crippen molar-refractivity contribution in [3.05, 3.63) is 93.0 Å². The zero-order valence-electron chi connectivity index (χ0n) is 17.4. The van der Waals surface area contributed by atoms with Crippen molar-refractivity contribution in [2.24, 2.45) is 5.73 Å². The Kier molecular flexibility index (Phi) is 7.06. The molecule has 0 aliphatic carbocycles. The summed E-state index contributed by atoms with van der Waals surface area (Å²) in [6.07, 6.45) is 6.23. The van der Waals surface area contributed by atoms with Crippen LogP contribution in [0.25, 0.3) is 0 Å². The molecule has 1 aliphatic heterocycles. The summed E-state index contributed by atoms with van der Waals surface area (Å²) in [6.45, 7) is 0.304. The molecule has 0 spiro atoms. The van der Waals surface area contributed by atoms with Gasteiger partial charge in [-0.05, 0) is 66.8 Å². The number of likely N-dealkylation sites (tertiary alicyclic amines) is 1. The van der Waals surface area contributed by atoms with Crippen LogP contribution in [0.15, 0.2) is 54.9 Å². The van der Waals surface area contributed by atoms with Gasteiger partial charge in [0.15, 0.2) is 0 Å². The molecule has 1 aliphatic rings. The van der Waals surface area contributed by atoms with Crippen LogP contribution < -0.4 is 5.73 Å². The maximum Gasteiger partial charge on any atom is 0.248 e. The highest BCUT2D eigenvalue weighted by Crippen LogP contribution is 2.44. The molecule has 0 bridgehead atoms. The van der Waals surface area contributed by atoms with Crippen LogP contribution in [0, 0.1) is 0 Å². The molecular weight excluding hydrogens is 447 g/mol. The van der Waals surface area contributed by atoms with Gasteiger partial charge in [0, 0.05) is 24.5 Å². The summed E-state index contributed by atoms with van der Waals surface area (Å²) in [4.78, 5) is 23.1. The van der Waals surface area contributed by atoms with Crippen molar-refractivity contribution in [2.75, 3.05) is 0 Å². The lowest BCUT2D eigenvalue weighted by molar-refractivity contribution is 0.0680. The van der Waals surface area contributed by atoms with Crippen molar-refractivity contribution in [1.29, 1.82) is 0 Å². The minimum atomic E-state index is -0.527. The first-order valence-corrected chi connectivity index (χ1v) is 11.2. The van der Waals surface area contributed by atoms with Crippen molar-refractivity contribution in [2.45, 2.75) is 44.5 Å². The largest absolute Gasteiger partial charge is 0.392 e. The average Bonchev–Trinajstić information content (AvgIpc) is 2.80. The predicted octanol–water partition coefficient (Wildman–Crippen LogP) is 4.84. The molecule has 1 amide bonds. The van der Waals surface area contributed by atoms with E-state index in [0.29, 0.717) is 27.7 Å².